The number of hydrogen-bond acceptors (Lipinski definition) is 8. The van der Waals surface area contributed by atoms with E-state index < -0.39 is 47.9 Å². The zero-order valence-corrected chi connectivity index (χ0v) is 24.6. The Hall–Kier alpha value is -4.51. The Morgan fingerprint density at radius 1 is 0.837 bits per heavy atom. The Morgan fingerprint density at radius 2 is 1.40 bits per heavy atom. The highest BCUT2D eigenvalue weighted by Gasteiger charge is 2.30. The molecule has 236 valence electrons. The molecule has 0 bridgehead atoms. The number of thiol groups is 1. The highest BCUT2D eigenvalue weighted by Crippen LogP contribution is 2.19. The number of guanidine groups is 2. The van der Waals surface area contributed by atoms with Gasteiger partial charge < -0.3 is 54.7 Å². The summed E-state index contributed by atoms with van der Waals surface area (Å²) in [6, 6.07) is 2.90. The number of aromatic amines is 1. The molecular formula is C26H41N11O5S. The molecule has 3 amide bonds. The van der Waals surface area contributed by atoms with Gasteiger partial charge in [-0.1, -0.05) is 18.2 Å². The fourth-order valence-electron chi connectivity index (χ4n) is 4.16. The fraction of sp³-hybridized carbons (Fsp3) is 0.462. The van der Waals surface area contributed by atoms with Crippen LogP contribution in [-0.4, -0.2) is 88.7 Å². The standard InChI is InChI=1S/C26H41N11O5S/c27-16(6-3-9-32-25(28)29)21(38)36-19(11-14-12-34-17-7-2-1-5-15(14)17)23(40)35-18(8-4-10-33-26(30)31)22(39)37-20(13-43)24(41)42/h1-2,5,7,12,16,18-20,34,43H,3-4,6,8-11,13,27H2,(H,35,40)(H,36,38)(H,37,39)(H,41,42)(H4,28,29,32)(H4,30,31,33). The number of aliphatic imine (C=N–C) groups is 2. The molecular weight excluding hydrogens is 578 g/mol. The molecule has 1 aromatic carbocycles. The zero-order chi connectivity index (χ0) is 31.9. The lowest BCUT2D eigenvalue weighted by Crippen LogP contribution is -2.57. The van der Waals surface area contributed by atoms with Crippen molar-refractivity contribution in [1.29, 1.82) is 0 Å². The number of aromatic nitrogens is 1. The van der Waals surface area contributed by atoms with Gasteiger partial charge in [0.1, 0.15) is 18.1 Å². The molecule has 0 aliphatic heterocycles. The molecule has 0 aliphatic carbocycles. The van der Waals surface area contributed by atoms with Crippen LogP contribution in [0.4, 0.5) is 0 Å². The van der Waals surface area contributed by atoms with E-state index in [1.165, 1.54) is 0 Å². The predicted octanol–water partition coefficient (Wildman–Crippen LogP) is -2.39. The van der Waals surface area contributed by atoms with Gasteiger partial charge in [0, 0.05) is 42.4 Å². The maximum atomic E-state index is 13.6. The summed E-state index contributed by atoms with van der Waals surface area (Å²) in [5.74, 6) is -3.67. The minimum absolute atomic E-state index is 0.0685. The number of aliphatic carboxylic acids is 1. The summed E-state index contributed by atoms with van der Waals surface area (Å²) in [6.45, 7) is 0.448. The number of H-pyrrole nitrogens is 1. The molecule has 2 aromatic rings. The lowest BCUT2D eigenvalue weighted by Gasteiger charge is -2.25. The molecule has 4 unspecified atom stereocenters. The van der Waals surface area contributed by atoms with E-state index in [0.717, 1.165) is 16.5 Å². The van der Waals surface area contributed by atoms with Crippen molar-refractivity contribution in [3.05, 3.63) is 36.0 Å². The average molecular weight is 620 g/mol. The van der Waals surface area contributed by atoms with Crippen molar-refractivity contribution in [2.75, 3.05) is 18.8 Å². The van der Waals surface area contributed by atoms with Gasteiger partial charge >= 0.3 is 5.97 Å². The number of carbonyl (C=O) groups is 4. The highest BCUT2D eigenvalue weighted by molar-refractivity contribution is 7.80. The van der Waals surface area contributed by atoms with Crippen molar-refractivity contribution >= 4 is 59.1 Å². The Morgan fingerprint density at radius 3 is 2.00 bits per heavy atom. The van der Waals surface area contributed by atoms with E-state index in [0.29, 0.717) is 6.42 Å². The second-order valence-corrected chi connectivity index (χ2v) is 10.1. The van der Waals surface area contributed by atoms with Gasteiger partial charge in [0.15, 0.2) is 11.9 Å². The number of para-hydroxylation sites is 1. The summed E-state index contributed by atoms with van der Waals surface area (Å²) < 4.78 is 0. The van der Waals surface area contributed by atoms with E-state index in [1.807, 2.05) is 24.3 Å². The Bertz CT molecular complexity index is 1310. The van der Waals surface area contributed by atoms with Crippen LogP contribution < -0.4 is 44.6 Å². The predicted molar refractivity (Wildman–Crippen MR) is 167 cm³/mol. The number of rotatable bonds is 18. The van der Waals surface area contributed by atoms with Crippen molar-refractivity contribution in [3.63, 3.8) is 0 Å². The van der Waals surface area contributed by atoms with Crippen molar-refractivity contribution in [2.24, 2.45) is 38.7 Å². The normalized spacial score (nSPS) is 13.6. The lowest BCUT2D eigenvalue weighted by molar-refractivity contribution is -0.141. The molecule has 1 aromatic heterocycles. The van der Waals surface area contributed by atoms with E-state index in [4.69, 9.17) is 28.7 Å². The largest absolute Gasteiger partial charge is 0.480 e. The summed E-state index contributed by atoms with van der Waals surface area (Å²) in [5.41, 5.74) is 29.0. The molecule has 0 radical (unpaired) electrons. The van der Waals surface area contributed by atoms with Crippen LogP contribution in [0.1, 0.15) is 31.2 Å². The maximum absolute atomic E-state index is 13.6. The van der Waals surface area contributed by atoms with Crippen LogP contribution >= 0.6 is 12.6 Å². The monoisotopic (exact) mass is 619 g/mol. The summed E-state index contributed by atoms with van der Waals surface area (Å²) in [7, 11) is 0. The summed E-state index contributed by atoms with van der Waals surface area (Å²) in [5, 5.41) is 17.9. The van der Waals surface area contributed by atoms with Crippen LogP contribution in [0.2, 0.25) is 0 Å². The first-order chi connectivity index (χ1) is 20.4. The van der Waals surface area contributed by atoms with Crippen molar-refractivity contribution in [1.82, 2.24) is 20.9 Å². The molecule has 4 atom stereocenters. The number of nitrogens with two attached hydrogens (primary N) is 5. The second-order valence-electron chi connectivity index (χ2n) is 9.77. The maximum Gasteiger partial charge on any atom is 0.327 e. The molecule has 1 heterocycles. The number of nitrogens with one attached hydrogen (secondary N) is 4. The first-order valence-electron chi connectivity index (χ1n) is 13.6. The molecule has 0 saturated carbocycles. The quantitative estimate of drug-likeness (QED) is 0.0364. The van der Waals surface area contributed by atoms with Gasteiger partial charge in [-0.05, 0) is 37.3 Å². The third kappa shape index (κ3) is 11.7. The van der Waals surface area contributed by atoms with Gasteiger partial charge in [-0.3, -0.25) is 24.4 Å². The summed E-state index contributed by atoms with van der Waals surface area (Å²) in [6.07, 6.45) is 2.84. The zero-order valence-electron chi connectivity index (χ0n) is 23.7. The fourth-order valence-corrected chi connectivity index (χ4v) is 4.41. The van der Waals surface area contributed by atoms with Gasteiger partial charge in [0.2, 0.25) is 17.7 Å². The van der Waals surface area contributed by atoms with Gasteiger partial charge in [0.05, 0.1) is 6.04 Å². The molecule has 43 heavy (non-hydrogen) atoms. The molecule has 16 nitrogen and oxygen atoms in total. The number of amides is 3. The van der Waals surface area contributed by atoms with Crippen molar-refractivity contribution in [3.8, 4) is 0 Å². The van der Waals surface area contributed by atoms with E-state index in [9.17, 15) is 24.3 Å². The Kier molecular flexibility index (Phi) is 14.1. The van der Waals surface area contributed by atoms with E-state index in [1.54, 1.807) is 6.20 Å². The van der Waals surface area contributed by atoms with Crippen molar-refractivity contribution in [2.45, 2.75) is 56.3 Å². The van der Waals surface area contributed by atoms with Gasteiger partial charge in [-0.25, -0.2) is 4.79 Å². The number of carboxylic acids is 1. The Balaban J connectivity index is 2.27. The van der Waals surface area contributed by atoms with Crippen LogP contribution in [0.15, 0.2) is 40.4 Å². The third-order valence-corrected chi connectivity index (χ3v) is 6.78. The van der Waals surface area contributed by atoms with Crippen molar-refractivity contribution < 1.29 is 24.3 Å². The molecule has 15 N–H and O–H groups in total. The molecule has 17 heteroatoms. The van der Waals surface area contributed by atoms with Gasteiger partial charge in [-0.15, -0.1) is 0 Å². The lowest BCUT2D eigenvalue weighted by atomic mass is 10.0. The second kappa shape index (κ2) is 17.4. The van der Waals surface area contributed by atoms with Gasteiger partial charge in [-0.2, -0.15) is 12.6 Å². The number of hydrogen-bond donors (Lipinski definition) is 11. The minimum Gasteiger partial charge on any atom is -0.480 e. The first-order valence-corrected chi connectivity index (χ1v) is 14.2. The number of fused-ring (bicyclic) bond motifs is 1. The van der Waals surface area contributed by atoms with E-state index >= 15 is 0 Å². The number of benzene rings is 1. The summed E-state index contributed by atoms with van der Waals surface area (Å²) in [4.78, 5) is 62.1. The minimum atomic E-state index is -1.29. The smallest absolute Gasteiger partial charge is 0.327 e. The topological polar surface area (TPSA) is 295 Å². The summed E-state index contributed by atoms with van der Waals surface area (Å²) >= 11 is 3.97. The molecule has 0 spiro atoms. The first kappa shape index (κ1) is 34.7. The number of nitrogens with zero attached hydrogens (tertiary/aromatic N) is 2. The average Bonchev–Trinajstić information content (AvgIpc) is 3.37. The third-order valence-electron chi connectivity index (χ3n) is 6.41. The van der Waals surface area contributed by atoms with Crippen LogP contribution in [0.3, 0.4) is 0 Å². The number of carbonyl (C=O) groups excluding carboxylic acids is 3. The number of carboxylic acid groups (broad SMARTS) is 1. The van der Waals surface area contributed by atoms with Gasteiger partial charge in [0.25, 0.3) is 0 Å². The molecule has 0 aliphatic rings. The van der Waals surface area contributed by atoms with Crippen LogP contribution in [-0.2, 0) is 25.6 Å². The van der Waals surface area contributed by atoms with Crippen LogP contribution in [0.25, 0.3) is 10.9 Å². The molecule has 0 saturated heterocycles. The SMILES string of the molecule is NC(N)=NCCCC(N)C(=O)NC(Cc1c[nH]c2ccccc12)C(=O)NC(CCCN=C(N)N)C(=O)NC(CS)C(=O)O. The Labute approximate surface area is 254 Å². The highest BCUT2D eigenvalue weighted by atomic mass is 32.1. The molecule has 2 rings (SSSR count). The van der Waals surface area contributed by atoms with E-state index in [2.05, 4.69) is 43.5 Å². The van der Waals surface area contributed by atoms with Crippen LogP contribution in [0.5, 0.6) is 0 Å². The molecule has 0 fully saturated rings. The van der Waals surface area contributed by atoms with Crippen LogP contribution in [0, 0.1) is 0 Å². The van der Waals surface area contributed by atoms with E-state index in [-0.39, 0.29) is 56.4 Å².